The summed E-state index contributed by atoms with van der Waals surface area (Å²) in [7, 11) is 3.56. The van der Waals surface area contributed by atoms with Crippen molar-refractivity contribution in [3.05, 3.63) is 47.0 Å². The fourth-order valence-corrected chi connectivity index (χ4v) is 1.87. The first-order chi connectivity index (χ1) is 11.3. The summed E-state index contributed by atoms with van der Waals surface area (Å²) in [4.78, 5) is 22.0. The van der Waals surface area contributed by atoms with Gasteiger partial charge in [0.1, 0.15) is 0 Å². The van der Waals surface area contributed by atoms with Crippen LogP contribution in [0.1, 0.15) is 11.4 Å². The number of anilines is 2. The van der Waals surface area contributed by atoms with E-state index < -0.39 is 29.2 Å². The number of urea groups is 1. The van der Waals surface area contributed by atoms with Gasteiger partial charge in [-0.15, -0.1) is 0 Å². The lowest BCUT2D eigenvalue weighted by atomic mass is 10.3. The van der Waals surface area contributed by atoms with Crippen molar-refractivity contribution in [3.8, 4) is 0 Å². The first-order valence-electron chi connectivity index (χ1n) is 6.98. The molecule has 2 rings (SSSR count). The third-order valence-corrected chi connectivity index (χ3v) is 3.01. The van der Waals surface area contributed by atoms with Crippen LogP contribution in [-0.2, 0) is 6.54 Å². The monoisotopic (exact) mass is 339 g/mol. The molecule has 0 atom stereocenters. The summed E-state index contributed by atoms with van der Waals surface area (Å²) in [6.45, 7) is 1.84. The van der Waals surface area contributed by atoms with E-state index in [0.717, 1.165) is 17.8 Å². The van der Waals surface area contributed by atoms with Crippen molar-refractivity contribution in [3.63, 3.8) is 0 Å². The molecule has 2 aromatic rings. The lowest BCUT2D eigenvalue weighted by molar-refractivity contribution is 0.251. The Balaban J connectivity index is 2.03. The molecule has 0 saturated heterocycles. The highest BCUT2D eigenvalue weighted by Crippen LogP contribution is 2.19. The number of benzene rings is 1. The molecule has 0 bridgehead atoms. The van der Waals surface area contributed by atoms with Gasteiger partial charge in [-0.2, -0.15) is 0 Å². The van der Waals surface area contributed by atoms with E-state index >= 15 is 0 Å². The number of carbonyl (C=O) groups excluding carboxylic acids is 1. The Morgan fingerprint density at radius 1 is 1.17 bits per heavy atom. The van der Waals surface area contributed by atoms with Crippen LogP contribution in [0.4, 0.5) is 29.6 Å². The summed E-state index contributed by atoms with van der Waals surface area (Å²) in [5.41, 5.74) is 0.809. The minimum atomic E-state index is -1.64. The molecule has 2 N–H and O–H groups in total. The first-order valence-corrected chi connectivity index (χ1v) is 6.98. The molecule has 1 aromatic heterocycles. The number of carbonyl (C=O) groups is 1. The van der Waals surface area contributed by atoms with Gasteiger partial charge in [0.25, 0.3) is 0 Å². The van der Waals surface area contributed by atoms with Crippen molar-refractivity contribution in [2.24, 2.45) is 0 Å². The highest BCUT2D eigenvalue weighted by molar-refractivity contribution is 5.89. The molecular weight excluding hydrogens is 323 g/mol. The zero-order chi connectivity index (χ0) is 17.9. The average Bonchev–Trinajstić information content (AvgIpc) is 2.53. The van der Waals surface area contributed by atoms with Crippen LogP contribution in [0.3, 0.4) is 0 Å². The number of hydrogen-bond donors (Lipinski definition) is 2. The molecule has 24 heavy (non-hydrogen) atoms. The van der Waals surface area contributed by atoms with E-state index in [0.29, 0.717) is 11.6 Å². The van der Waals surface area contributed by atoms with Crippen LogP contribution in [0.5, 0.6) is 0 Å². The van der Waals surface area contributed by atoms with Gasteiger partial charge in [0, 0.05) is 19.8 Å². The number of nitrogens with one attached hydrogen (secondary N) is 2. The maximum atomic E-state index is 13.5. The van der Waals surface area contributed by atoms with Crippen molar-refractivity contribution in [1.82, 2.24) is 15.3 Å². The summed E-state index contributed by atoms with van der Waals surface area (Å²) in [5.74, 6) is -3.95. The van der Waals surface area contributed by atoms with E-state index in [4.69, 9.17) is 0 Å². The minimum absolute atomic E-state index is 0.0569. The van der Waals surface area contributed by atoms with Gasteiger partial charge in [0.05, 0.1) is 17.9 Å². The van der Waals surface area contributed by atoms with E-state index in [1.165, 1.54) is 0 Å². The average molecular weight is 339 g/mol. The molecule has 6 nitrogen and oxygen atoms in total. The molecule has 1 aromatic carbocycles. The number of aromatic nitrogens is 2. The van der Waals surface area contributed by atoms with Gasteiger partial charge in [-0.3, -0.25) is 0 Å². The van der Waals surface area contributed by atoms with Crippen LogP contribution in [0.25, 0.3) is 0 Å². The van der Waals surface area contributed by atoms with Crippen molar-refractivity contribution in [1.29, 1.82) is 0 Å². The molecular formula is C15H16F3N5O. The smallest absolute Gasteiger partial charge is 0.319 e. The van der Waals surface area contributed by atoms with Crippen molar-refractivity contribution in [2.75, 3.05) is 24.3 Å². The van der Waals surface area contributed by atoms with Gasteiger partial charge in [0.15, 0.2) is 17.5 Å². The molecule has 0 aliphatic rings. The Hall–Kier alpha value is -2.84. The Morgan fingerprint density at radius 3 is 2.54 bits per heavy atom. The SMILES string of the molecule is Cc1cc(CNC(=O)Nc2ccc(F)c(F)c2F)nc(N(C)C)n1. The second-order valence-corrected chi connectivity index (χ2v) is 5.23. The fourth-order valence-electron chi connectivity index (χ4n) is 1.87. The third kappa shape index (κ3) is 4.12. The van der Waals surface area contributed by atoms with Crippen LogP contribution in [-0.4, -0.2) is 30.1 Å². The maximum Gasteiger partial charge on any atom is 0.319 e. The van der Waals surface area contributed by atoms with E-state index in [-0.39, 0.29) is 6.54 Å². The van der Waals surface area contributed by atoms with Crippen LogP contribution in [0, 0.1) is 24.4 Å². The number of aryl methyl sites for hydroxylation is 1. The normalized spacial score (nSPS) is 10.4. The molecule has 0 radical (unpaired) electrons. The Bertz CT molecular complexity index is 767. The first kappa shape index (κ1) is 17.5. The topological polar surface area (TPSA) is 70.2 Å². The quantitative estimate of drug-likeness (QED) is 0.840. The Labute approximate surface area is 136 Å². The highest BCUT2D eigenvalue weighted by atomic mass is 19.2. The van der Waals surface area contributed by atoms with Gasteiger partial charge >= 0.3 is 6.03 Å². The van der Waals surface area contributed by atoms with Crippen LogP contribution in [0.15, 0.2) is 18.2 Å². The largest absolute Gasteiger partial charge is 0.347 e. The standard InChI is InChI=1S/C15H16F3N5O/c1-8-6-9(21-14(20-8)23(2)3)7-19-15(24)22-11-5-4-10(16)12(17)13(11)18/h4-6H,7H2,1-3H3,(H2,19,22,24). The lowest BCUT2D eigenvalue weighted by Crippen LogP contribution is -2.29. The zero-order valence-electron chi connectivity index (χ0n) is 13.3. The van der Waals surface area contributed by atoms with Crippen molar-refractivity contribution < 1.29 is 18.0 Å². The summed E-state index contributed by atoms with van der Waals surface area (Å²) in [5, 5.41) is 4.58. The second kappa shape index (κ2) is 7.16. The molecule has 9 heteroatoms. The molecule has 0 aliphatic carbocycles. The number of nitrogens with zero attached hydrogens (tertiary/aromatic N) is 3. The molecule has 2 amide bonds. The summed E-state index contributed by atoms with van der Waals surface area (Å²) >= 11 is 0. The van der Waals surface area contributed by atoms with E-state index in [9.17, 15) is 18.0 Å². The van der Waals surface area contributed by atoms with E-state index in [2.05, 4.69) is 20.6 Å². The van der Waals surface area contributed by atoms with Gasteiger partial charge in [0.2, 0.25) is 5.95 Å². The van der Waals surface area contributed by atoms with Crippen LogP contribution < -0.4 is 15.5 Å². The predicted octanol–water partition coefficient (Wildman–Crippen LogP) is 2.59. The highest BCUT2D eigenvalue weighted by Gasteiger charge is 2.15. The maximum absolute atomic E-state index is 13.5. The van der Waals surface area contributed by atoms with Gasteiger partial charge < -0.3 is 15.5 Å². The zero-order valence-corrected chi connectivity index (χ0v) is 13.3. The molecule has 128 valence electrons. The van der Waals surface area contributed by atoms with Gasteiger partial charge in [-0.25, -0.2) is 27.9 Å². The summed E-state index contributed by atoms with van der Waals surface area (Å²) in [6.07, 6.45) is 0. The number of rotatable bonds is 4. The third-order valence-electron chi connectivity index (χ3n) is 3.01. The fraction of sp³-hybridized carbons (Fsp3) is 0.267. The number of hydrogen-bond acceptors (Lipinski definition) is 4. The summed E-state index contributed by atoms with van der Waals surface area (Å²) in [6, 6.07) is 2.57. The van der Waals surface area contributed by atoms with Gasteiger partial charge in [-0.1, -0.05) is 0 Å². The van der Waals surface area contributed by atoms with Crippen LogP contribution >= 0.6 is 0 Å². The lowest BCUT2D eigenvalue weighted by Gasteiger charge is -2.13. The number of amides is 2. The minimum Gasteiger partial charge on any atom is -0.347 e. The van der Waals surface area contributed by atoms with Crippen LogP contribution in [0.2, 0.25) is 0 Å². The Kier molecular flexibility index (Phi) is 5.22. The van der Waals surface area contributed by atoms with Gasteiger partial charge in [-0.05, 0) is 25.1 Å². The molecule has 0 unspecified atom stereocenters. The summed E-state index contributed by atoms with van der Waals surface area (Å²) < 4.78 is 39.5. The number of halogens is 3. The molecule has 0 saturated carbocycles. The van der Waals surface area contributed by atoms with E-state index in [1.54, 1.807) is 32.0 Å². The Morgan fingerprint density at radius 2 is 1.88 bits per heavy atom. The predicted molar refractivity (Wildman–Crippen MR) is 83.3 cm³/mol. The van der Waals surface area contributed by atoms with E-state index in [1.807, 2.05) is 0 Å². The van der Waals surface area contributed by atoms with Crippen molar-refractivity contribution in [2.45, 2.75) is 13.5 Å². The second-order valence-electron chi connectivity index (χ2n) is 5.23. The molecule has 0 aliphatic heterocycles. The molecule has 0 spiro atoms. The van der Waals surface area contributed by atoms with Crippen molar-refractivity contribution >= 4 is 17.7 Å². The molecule has 0 fully saturated rings. The molecule has 1 heterocycles.